The van der Waals surface area contributed by atoms with Crippen molar-refractivity contribution < 1.29 is 13.2 Å². The van der Waals surface area contributed by atoms with Crippen LogP contribution in [0.3, 0.4) is 0 Å². The number of nitrogens with zero attached hydrogens (tertiary/aromatic N) is 2. The molecular weight excluding hydrogens is 516 g/mol. The van der Waals surface area contributed by atoms with E-state index in [0.717, 1.165) is 55.9 Å². The lowest BCUT2D eigenvalue weighted by molar-refractivity contribution is 0.158. The summed E-state index contributed by atoms with van der Waals surface area (Å²) >= 11 is 6.51. The van der Waals surface area contributed by atoms with Gasteiger partial charge in [-0.1, -0.05) is 41.9 Å². The van der Waals surface area contributed by atoms with Crippen LogP contribution in [-0.4, -0.2) is 58.5 Å². The summed E-state index contributed by atoms with van der Waals surface area (Å²) in [5.74, 6) is 1.59. The Morgan fingerprint density at radius 3 is 2.47 bits per heavy atom. The highest BCUT2D eigenvalue weighted by Crippen LogP contribution is 2.60. The number of ether oxygens (including phenoxy) is 1. The van der Waals surface area contributed by atoms with Gasteiger partial charge in [0.05, 0.1) is 12.0 Å². The van der Waals surface area contributed by atoms with Crippen molar-refractivity contribution >= 4 is 21.6 Å². The Morgan fingerprint density at radius 1 is 1.00 bits per heavy atom. The van der Waals surface area contributed by atoms with E-state index in [2.05, 4.69) is 41.3 Å². The van der Waals surface area contributed by atoms with E-state index in [-0.39, 0.29) is 5.41 Å². The van der Waals surface area contributed by atoms with Crippen molar-refractivity contribution in [2.75, 3.05) is 40.8 Å². The second-order valence-electron chi connectivity index (χ2n) is 11.3. The summed E-state index contributed by atoms with van der Waals surface area (Å²) in [5.41, 5.74) is 6.64. The van der Waals surface area contributed by atoms with E-state index in [1.54, 1.807) is 33.3 Å². The van der Waals surface area contributed by atoms with Crippen LogP contribution in [-0.2, 0) is 21.9 Å². The third kappa shape index (κ3) is 4.17. The second kappa shape index (κ2) is 9.67. The molecule has 0 N–H and O–H groups in total. The molecule has 2 atom stereocenters. The molecule has 38 heavy (non-hydrogen) atoms. The van der Waals surface area contributed by atoms with Crippen molar-refractivity contribution in [3.63, 3.8) is 0 Å². The zero-order chi connectivity index (χ0) is 26.7. The summed E-state index contributed by atoms with van der Waals surface area (Å²) in [5, 5.41) is 0.814. The van der Waals surface area contributed by atoms with Gasteiger partial charge < -0.3 is 9.64 Å². The summed E-state index contributed by atoms with van der Waals surface area (Å²) < 4.78 is 32.7. The number of fused-ring (bicyclic) bond motifs is 8. The lowest BCUT2D eigenvalue weighted by Crippen LogP contribution is -2.44. The number of sulfonamides is 1. The van der Waals surface area contributed by atoms with Gasteiger partial charge in [-0.3, -0.25) is 0 Å². The van der Waals surface area contributed by atoms with E-state index >= 15 is 0 Å². The molecule has 1 aliphatic heterocycles. The van der Waals surface area contributed by atoms with Crippen molar-refractivity contribution in [1.82, 2.24) is 9.21 Å². The molecule has 3 aliphatic rings. The maximum atomic E-state index is 13.0. The van der Waals surface area contributed by atoms with Gasteiger partial charge in [0.2, 0.25) is 10.0 Å². The molecule has 0 radical (unpaired) electrons. The van der Waals surface area contributed by atoms with Crippen molar-refractivity contribution in [2.45, 2.75) is 41.9 Å². The maximum absolute atomic E-state index is 13.0. The third-order valence-corrected chi connectivity index (χ3v) is 11.2. The number of likely N-dealkylation sites (tertiary alicyclic amines) is 1. The van der Waals surface area contributed by atoms with Crippen LogP contribution in [0, 0.1) is 5.92 Å². The van der Waals surface area contributed by atoms with E-state index in [0.29, 0.717) is 22.5 Å². The standard InChI is InChI=1S/C31H35ClN2O3S/c1-33(2)38(35,36)30-11-9-24(37-3)17-22(30)16-21-12-14-34(15-13-21)20-31-19-27(25-6-4-5-7-28(25)31)26-10-8-23(32)18-29(26)31/h4-11,17-18,21,27H,12-16,19-20H2,1-3H3/t27-,31+/m1/s1. The highest BCUT2D eigenvalue weighted by Gasteiger charge is 2.53. The van der Waals surface area contributed by atoms with E-state index in [1.165, 1.54) is 26.6 Å². The Balaban J connectivity index is 1.21. The monoisotopic (exact) mass is 550 g/mol. The highest BCUT2D eigenvalue weighted by atomic mass is 35.5. The molecule has 7 heteroatoms. The van der Waals surface area contributed by atoms with Gasteiger partial charge in [0.15, 0.2) is 0 Å². The van der Waals surface area contributed by atoms with Gasteiger partial charge in [0, 0.05) is 37.0 Å². The van der Waals surface area contributed by atoms with Crippen LogP contribution in [0.5, 0.6) is 5.75 Å². The Hall–Kier alpha value is -2.38. The number of benzene rings is 3. The number of rotatable bonds is 7. The van der Waals surface area contributed by atoms with Crippen molar-refractivity contribution in [2.24, 2.45) is 5.92 Å². The minimum atomic E-state index is -3.52. The molecule has 3 aromatic carbocycles. The molecule has 0 amide bonds. The Morgan fingerprint density at radius 2 is 1.74 bits per heavy atom. The van der Waals surface area contributed by atoms with Crippen LogP contribution in [0.2, 0.25) is 5.02 Å². The highest BCUT2D eigenvalue weighted by molar-refractivity contribution is 7.89. The van der Waals surface area contributed by atoms with Gasteiger partial charge in [0.25, 0.3) is 0 Å². The summed E-state index contributed by atoms with van der Waals surface area (Å²) in [4.78, 5) is 3.01. The zero-order valence-corrected chi connectivity index (χ0v) is 23.9. The lowest BCUT2D eigenvalue weighted by Gasteiger charge is -2.40. The van der Waals surface area contributed by atoms with E-state index in [9.17, 15) is 8.42 Å². The molecule has 6 rings (SSSR count). The Bertz CT molecular complexity index is 1480. The minimum Gasteiger partial charge on any atom is -0.497 e. The summed E-state index contributed by atoms with van der Waals surface area (Å²) in [6, 6.07) is 20.8. The normalized spacial score (nSPS) is 23.0. The fourth-order valence-corrected chi connectivity index (χ4v) is 8.43. The fraction of sp³-hybridized carbons (Fsp3) is 0.419. The molecule has 2 aliphatic carbocycles. The molecule has 2 bridgehead atoms. The van der Waals surface area contributed by atoms with E-state index < -0.39 is 10.0 Å². The quantitative estimate of drug-likeness (QED) is 0.379. The average molecular weight is 551 g/mol. The zero-order valence-electron chi connectivity index (χ0n) is 22.3. The molecule has 0 unspecified atom stereocenters. The van der Waals surface area contributed by atoms with E-state index in [4.69, 9.17) is 16.3 Å². The first-order valence-electron chi connectivity index (χ1n) is 13.4. The minimum absolute atomic E-state index is 0.00587. The SMILES string of the molecule is COc1ccc(S(=O)(=O)N(C)C)c(CC2CCN(C[C@@]34C[C@H](c5ccccc53)c3ccc(Cl)cc34)CC2)c1. The van der Waals surface area contributed by atoms with Crippen LogP contribution in [0.25, 0.3) is 0 Å². The third-order valence-electron chi connectivity index (χ3n) is 9.05. The van der Waals surface area contributed by atoms with Crippen LogP contribution in [0.1, 0.15) is 53.0 Å². The first-order chi connectivity index (χ1) is 18.2. The van der Waals surface area contributed by atoms with Crippen LogP contribution >= 0.6 is 11.6 Å². The Kier molecular flexibility index (Phi) is 6.58. The predicted octanol–water partition coefficient (Wildman–Crippen LogP) is 5.69. The van der Waals surface area contributed by atoms with Crippen molar-refractivity contribution in [3.05, 3.63) is 93.5 Å². The molecule has 1 heterocycles. The molecule has 200 valence electrons. The van der Waals surface area contributed by atoms with Gasteiger partial charge in [-0.05, 0) is 103 Å². The van der Waals surface area contributed by atoms with Crippen molar-refractivity contribution in [3.8, 4) is 5.75 Å². The van der Waals surface area contributed by atoms with Crippen LogP contribution in [0.15, 0.2) is 65.6 Å². The smallest absolute Gasteiger partial charge is 0.242 e. The number of halogens is 1. The van der Waals surface area contributed by atoms with Gasteiger partial charge in [-0.25, -0.2) is 12.7 Å². The molecule has 5 nitrogen and oxygen atoms in total. The Labute approximate surface area is 231 Å². The van der Waals surface area contributed by atoms with Gasteiger partial charge in [-0.2, -0.15) is 0 Å². The van der Waals surface area contributed by atoms with Gasteiger partial charge >= 0.3 is 0 Å². The summed E-state index contributed by atoms with van der Waals surface area (Å²) in [6.45, 7) is 3.02. The second-order valence-corrected chi connectivity index (χ2v) is 13.9. The first kappa shape index (κ1) is 25.9. The number of methoxy groups -OCH3 is 1. The summed E-state index contributed by atoms with van der Waals surface area (Å²) in [6.07, 6.45) is 3.95. The van der Waals surface area contributed by atoms with Crippen LogP contribution < -0.4 is 4.74 Å². The number of piperidine rings is 1. The van der Waals surface area contributed by atoms with E-state index in [1.807, 2.05) is 12.1 Å². The number of hydrogen-bond donors (Lipinski definition) is 0. The molecule has 0 aromatic heterocycles. The lowest BCUT2D eigenvalue weighted by atomic mass is 9.74. The molecule has 1 fully saturated rings. The predicted molar refractivity (Wildman–Crippen MR) is 152 cm³/mol. The van der Waals surface area contributed by atoms with Crippen LogP contribution in [0.4, 0.5) is 0 Å². The number of hydrogen-bond acceptors (Lipinski definition) is 4. The molecule has 1 saturated heterocycles. The fourth-order valence-electron chi connectivity index (χ4n) is 7.15. The molecular formula is C31H35ClN2O3S. The molecule has 3 aromatic rings. The molecule has 0 saturated carbocycles. The topological polar surface area (TPSA) is 49.9 Å². The average Bonchev–Trinajstić information content (AvgIpc) is 3.41. The summed E-state index contributed by atoms with van der Waals surface area (Å²) in [7, 11) is 1.27. The maximum Gasteiger partial charge on any atom is 0.242 e. The van der Waals surface area contributed by atoms with Crippen molar-refractivity contribution in [1.29, 1.82) is 0 Å². The van der Waals surface area contributed by atoms with Gasteiger partial charge in [0.1, 0.15) is 5.75 Å². The largest absolute Gasteiger partial charge is 0.497 e. The van der Waals surface area contributed by atoms with Gasteiger partial charge in [-0.15, -0.1) is 0 Å². The first-order valence-corrected chi connectivity index (χ1v) is 15.3. The molecule has 0 spiro atoms.